The summed E-state index contributed by atoms with van der Waals surface area (Å²) in [7, 11) is 3.83. The van der Waals surface area contributed by atoms with Crippen LogP contribution in [0.25, 0.3) is 0 Å². The lowest BCUT2D eigenvalue weighted by molar-refractivity contribution is 0.0936. The highest BCUT2D eigenvalue weighted by atomic mass is 16.1. The predicted molar refractivity (Wildman–Crippen MR) is 132 cm³/mol. The van der Waals surface area contributed by atoms with Gasteiger partial charge in [-0.15, -0.1) is 0 Å². The van der Waals surface area contributed by atoms with Crippen molar-refractivity contribution in [1.82, 2.24) is 24.6 Å². The van der Waals surface area contributed by atoms with Crippen LogP contribution in [0.5, 0.6) is 0 Å². The number of aryl methyl sites for hydroxylation is 1. The fourth-order valence-electron chi connectivity index (χ4n) is 5.70. The van der Waals surface area contributed by atoms with Gasteiger partial charge in [0.1, 0.15) is 0 Å². The van der Waals surface area contributed by atoms with Crippen molar-refractivity contribution in [3.8, 4) is 0 Å². The Morgan fingerprint density at radius 2 is 2.12 bits per heavy atom. The van der Waals surface area contributed by atoms with E-state index in [-0.39, 0.29) is 11.9 Å². The molecule has 8 nitrogen and oxygen atoms in total. The highest BCUT2D eigenvalue weighted by Gasteiger charge is 2.45. The summed E-state index contributed by atoms with van der Waals surface area (Å²) in [5.74, 6) is 1.66. The minimum absolute atomic E-state index is 0.0330. The van der Waals surface area contributed by atoms with Crippen molar-refractivity contribution >= 4 is 17.8 Å². The van der Waals surface area contributed by atoms with E-state index < -0.39 is 0 Å². The van der Waals surface area contributed by atoms with Crippen LogP contribution < -0.4 is 10.2 Å². The van der Waals surface area contributed by atoms with Crippen LogP contribution >= 0.6 is 0 Å². The molecule has 6 rings (SSSR count). The Hall–Kier alpha value is -3.42. The van der Waals surface area contributed by atoms with Crippen LogP contribution in [-0.2, 0) is 20.0 Å². The zero-order chi connectivity index (χ0) is 23.4. The van der Waals surface area contributed by atoms with Crippen molar-refractivity contribution in [3.05, 3.63) is 64.5 Å². The van der Waals surface area contributed by atoms with Gasteiger partial charge in [-0.2, -0.15) is 5.10 Å². The topological polar surface area (TPSA) is 80.3 Å². The van der Waals surface area contributed by atoms with Gasteiger partial charge in [0, 0.05) is 56.5 Å². The summed E-state index contributed by atoms with van der Waals surface area (Å²) >= 11 is 0. The molecule has 2 aromatic heterocycles. The number of nitrogens with one attached hydrogen (secondary N) is 1. The lowest BCUT2D eigenvalue weighted by Gasteiger charge is -2.24. The number of amides is 1. The average Bonchev–Trinajstić information content (AvgIpc) is 3.29. The Balaban J connectivity index is 1.18. The first-order chi connectivity index (χ1) is 16.5. The van der Waals surface area contributed by atoms with Gasteiger partial charge in [0.25, 0.3) is 5.91 Å². The highest BCUT2D eigenvalue weighted by molar-refractivity contribution is 5.94. The summed E-state index contributed by atoms with van der Waals surface area (Å²) in [6, 6.07) is 4.39. The lowest BCUT2D eigenvalue weighted by Crippen LogP contribution is -2.27. The summed E-state index contributed by atoms with van der Waals surface area (Å²) in [5, 5.41) is 7.61. The summed E-state index contributed by atoms with van der Waals surface area (Å²) < 4.78 is 3.88. The first-order valence-corrected chi connectivity index (χ1v) is 12.1. The molecule has 0 bridgehead atoms. The van der Waals surface area contributed by atoms with Crippen LogP contribution in [0.4, 0.5) is 5.69 Å². The minimum Gasteiger partial charge on any atom is -0.370 e. The molecule has 0 radical (unpaired) electrons. The van der Waals surface area contributed by atoms with Crippen LogP contribution in [0.1, 0.15) is 57.3 Å². The number of rotatable bonds is 6. The molecular weight excluding hydrogens is 426 g/mol. The Kier molecular flexibility index (Phi) is 5.04. The number of benzene rings is 1. The van der Waals surface area contributed by atoms with Crippen molar-refractivity contribution < 1.29 is 4.79 Å². The van der Waals surface area contributed by atoms with E-state index in [2.05, 4.69) is 44.3 Å². The van der Waals surface area contributed by atoms with Gasteiger partial charge >= 0.3 is 0 Å². The monoisotopic (exact) mass is 457 g/mol. The number of carbonyl (C=O) groups is 1. The maximum atomic E-state index is 12.9. The van der Waals surface area contributed by atoms with Crippen LogP contribution in [-0.4, -0.2) is 51.6 Å². The van der Waals surface area contributed by atoms with Gasteiger partial charge < -0.3 is 14.8 Å². The van der Waals surface area contributed by atoms with E-state index in [1.165, 1.54) is 34.5 Å². The number of fused-ring (bicyclic) bond motifs is 2. The number of aliphatic imine (C=N–C) groups is 1. The van der Waals surface area contributed by atoms with Crippen molar-refractivity contribution in [2.45, 2.75) is 38.8 Å². The van der Waals surface area contributed by atoms with Crippen molar-refractivity contribution in [3.63, 3.8) is 0 Å². The SMILES string of the molecule is CN=Cc1c(N2CC3CC3C2)ccc(Cn2cc(C(=O)N[C@@H]3CCc4c3ncn4C)cn2)c1C. The zero-order valence-corrected chi connectivity index (χ0v) is 20.0. The Morgan fingerprint density at radius 3 is 2.91 bits per heavy atom. The first kappa shape index (κ1) is 21.1. The molecule has 3 atom stereocenters. The van der Waals surface area contributed by atoms with E-state index >= 15 is 0 Å². The van der Waals surface area contributed by atoms with Gasteiger partial charge in [0.15, 0.2) is 0 Å². The van der Waals surface area contributed by atoms with Crippen molar-refractivity contribution in [2.75, 3.05) is 25.0 Å². The Labute approximate surface area is 199 Å². The van der Waals surface area contributed by atoms with Crippen LogP contribution in [0, 0.1) is 18.8 Å². The quantitative estimate of drug-likeness (QED) is 0.577. The number of hydrogen-bond donors (Lipinski definition) is 1. The number of anilines is 1. The second-order valence-electron chi connectivity index (χ2n) is 10.0. The number of nitrogens with zero attached hydrogens (tertiary/aromatic N) is 6. The van der Waals surface area contributed by atoms with E-state index in [1.54, 1.807) is 6.20 Å². The molecule has 1 N–H and O–H groups in total. The van der Waals surface area contributed by atoms with E-state index in [0.29, 0.717) is 12.1 Å². The number of hydrogen-bond acceptors (Lipinski definition) is 5. The highest BCUT2D eigenvalue weighted by Crippen LogP contribution is 2.47. The van der Waals surface area contributed by atoms with Crippen molar-refractivity contribution in [1.29, 1.82) is 0 Å². The second-order valence-corrected chi connectivity index (χ2v) is 10.0. The molecule has 3 aromatic rings. The molecule has 1 aromatic carbocycles. The van der Waals surface area contributed by atoms with Gasteiger partial charge in [-0.25, -0.2) is 4.98 Å². The fourth-order valence-corrected chi connectivity index (χ4v) is 5.70. The number of piperidine rings is 1. The third-order valence-corrected chi connectivity index (χ3v) is 7.81. The van der Waals surface area contributed by atoms with Crippen molar-refractivity contribution in [2.24, 2.45) is 23.9 Å². The number of imidazole rings is 1. The minimum atomic E-state index is -0.103. The molecule has 8 heteroatoms. The Bertz CT molecular complexity index is 1280. The normalized spacial score (nSPS) is 22.9. The largest absolute Gasteiger partial charge is 0.370 e. The first-order valence-electron chi connectivity index (χ1n) is 12.1. The summed E-state index contributed by atoms with van der Waals surface area (Å²) in [4.78, 5) is 24.2. The molecule has 3 aliphatic rings. The summed E-state index contributed by atoms with van der Waals surface area (Å²) in [6.45, 7) is 5.09. The standard InChI is InChI=1S/C26H31N7O/c1-16-17(4-6-23(21(16)10-27-2)32-11-18-8-19(18)12-32)13-33-14-20(9-29-33)26(34)30-22-5-7-24-25(22)28-15-31(24)3/h4,6,9-10,14-15,18-19,22H,5,7-8,11-13H2,1-3H3,(H,30,34)/t18?,19?,22-/m1/s1. The molecule has 34 heavy (non-hydrogen) atoms. The van der Waals surface area contributed by atoms with Crippen LogP contribution in [0.15, 0.2) is 35.8 Å². The molecule has 1 aliphatic heterocycles. The van der Waals surface area contributed by atoms with Gasteiger partial charge in [0.2, 0.25) is 0 Å². The molecule has 2 fully saturated rings. The molecule has 3 heterocycles. The third-order valence-electron chi connectivity index (χ3n) is 7.81. The molecule has 2 unspecified atom stereocenters. The smallest absolute Gasteiger partial charge is 0.255 e. The second kappa shape index (κ2) is 8.11. The summed E-state index contributed by atoms with van der Waals surface area (Å²) in [5.41, 5.74) is 7.65. The lowest BCUT2D eigenvalue weighted by atomic mass is 10.00. The Morgan fingerprint density at radius 1 is 1.29 bits per heavy atom. The van der Waals surface area contributed by atoms with Crippen LogP contribution in [0.2, 0.25) is 0 Å². The molecule has 2 aliphatic carbocycles. The zero-order valence-electron chi connectivity index (χ0n) is 20.0. The van der Waals surface area contributed by atoms with E-state index in [4.69, 9.17) is 0 Å². The summed E-state index contributed by atoms with van der Waals surface area (Å²) in [6.07, 6.45) is 10.5. The van der Waals surface area contributed by atoms with E-state index in [0.717, 1.165) is 43.5 Å². The van der Waals surface area contributed by atoms with Gasteiger partial charge in [0.05, 0.1) is 36.4 Å². The molecular formula is C26H31N7O. The predicted octanol–water partition coefficient (Wildman–Crippen LogP) is 2.90. The maximum Gasteiger partial charge on any atom is 0.255 e. The number of carbonyl (C=O) groups excluding carboxylic acids is 1. The molecule has 1 amide bonds. The average molecular weight is 458 g/mol. The van der Waals surface area contributed by atoms with Gasteiger partial charge in [-0.1, -0.05) is 6.07 Å². The molecule has 0 spiro atoms. The maximum absolute atomic E-state index is 12.9. The van der Waals surface area contributed by atoms with E-state index in [1.807, 2.05) is 42.1 Å². The van der Waals surface area contributed by atoms with Crippen LogP contribution in [0.3, 0.4) is 0 Å². The molecule has 1 saturated heterocycles. The molecule has 176 valence electrons. The number of aromatic nitrogens is 4. The van der Waals surface area contributed by atoms with E-state index in [9.17, 15) is 4.79 Å². The van der Waals surface area contributed by atoms with Gasteiger partial charge in [-0.3, -0.25) is 14.5 Å². The molecule has 1 saturated carbocycles. The fraction of sp³-hybridized carbons (Fsp3) is 0.462. The third kappa shape index (κ3) is 3.61. The van der Waals surface area contributed by atoms with Gasteiger partial charge in [-0.05, 0) is 55.2 Å².